The third kappa shape index (κ3) is 2.75. The quantitative estimate of drug-likeness (QED) is 0.601. The Morgan fingerprint density at radius 3 is 2.38 bits per heavy atom. The van der Waals surface area contributed by atoms with Gasteiger partial charge in [0.2, 0.25) is 0 Å². The van der Waals surface area contributed by atoms with Gasteiger partial charge in [-0.3, -0.25) is 9.89 Å². The topological polar surface area (TPSA) is 49.0 Å². The summed E-state index contributed by atoms with van der Waals surface area (Å²) >= 11 is 9.50. The van der Waals surface area contributed by atoms with Gasteiger partial charge < -0.3 is 4.90 Å². The summed E-state index contributed by atoms with van der Waals surface area (Å²) in [6, 6.07) is 15.5. The van der Waals surface area contributed by atoms with Gasteiger partial charge in [0.25, 0.3) is 5.91 Å². The lowest BCUT2D eigenvalue weighted by Gasteiger charge is -2.30. The van der Waals surface area contributed by atoms with Crippen molar-refractivity contribution in [3.63, 3.8) is 0 Å². The van der Waals surface area contributed by atoms with Crippen molar-refractivity contribution in [1.82, 2.24) is 15.1 Å². The second-order valence-corrected chi connectivity index (χ2v) is 7.98. The van der Waals surface area contributed by atoms with Gasteiger partial charge in [-0.25, -0.2) is 0 Å². The number of nitrogens with one attached hydrogen (secondary N) is 1. The van der Waals surface area contributed by atoms with Gasteiger partial charge in [-0.1, -0.05) is 51.8 Å². The van der Waals surface area contributed by atoms with Gasteiger partial charge in [-0.05, 0) is 43.7 Å². The first-order valence-electron chi connectivity index (χ1n) is 8.39. The van der Waals surface area contributed by atoms with Crippen LogP contribution in [-0.2, 0) is 0 Å². The van der Waals surface area contributed by atoms with E-state index in [0.717, 1.165) is 26.9 Å². The van der Waals surface area contributed by atoms with Crippen molar-refractivity contribution in [2.75, 3.05) is 0 Å². The largest absolute Gasteiger partial charge is 0.324 e. The highest BCUT2D eigenvalue weighted by Gasteiger charge is 2.43. The number of amides is 1. The van der Waals surface area contributed by atoms with Crippen molar-refractivity contribution >= 4 is 33.4 Å². The maximum absolute atomic E-state index is 13.0. The van der Waals surface area contributed by atoms with Crippen LogP contribution in [0.1, 0.15) is 41.5 Å². The van der Waals surface area contributed by atoms with Crippen molar-refractivity contribution < 1.29 is 4.79 Å². The second-order valence-electron chi connectivity index (χ2n) is 6.63. The maximum Gasteiger partial charge on any atom is 0.273 e. The average Bonchev–Trinajstić information content (AvgIpc) is 3.16. The zero-order valence-corrected chi connectivity index (χ0v) is 16.7. The van der Waals surface area contributed by atoms with E-state index >= 15 is 0 Å². The molecular formula is C20H17BrClN3O. The molecule has 0 spiro atoms. The van der Waals surface area contributed by atoms with Crippen molar-refractivity contribution in [3.05, 3.63) is 74.8 Å². The molecule has 1 unspecified atom stereocenters. The molecule has 0 saturated carbocycles. The first-order valence-corrected chi connectivity index (χ1v) is 9.57. The second kappa shape index (κ2) is 6.56. The van der Waals surface area contributed by atoms with Crippen LogP contribution < -0.4 is 0 Å². The molecule has 0 aliphatic carbocycles. The van der Waals surface area contributed by atoms with E-state index in [4.69, 9.17) is 11.6 Å². The number of halogens is 2. The number of aromatic nitrogens is 2. The number of nitrogens with zero attached hydrogens (tertiary/aromatic N) is 2. The van der Waals surface area contributed by atoms with E-state index in [2.05, 4.69) is 26.1 Å². The Morgan fingerprint density at radius 2 is 1.77 bits per heavy atom. The Kier molecular flexibility index (Phi) is 4.37. The molecule has 26 heavy (non-hydrogen) atoms. The summed E-state index contributed by atoms with van der Waals surface area (Å²) in [6.45, 7) is 4.07. The number of fused-ring (bicyclic) bond motifs is 1. The van der Waals surface area contributed by atoms with Gasteiger partial charge in [0.1, 0.15) is 5.69 Å². The van der Waals surface area contributed by atoms with E-state index in [1.54, 1.807) is 0 Å². The number of hydrogen-bond acceptors (Lipinski definition) is 2. The summed E-state index contributed by atoms with van der Waals surface area (Å²) in [5, 5.41) is 8.08. The number of benzene rings is 2. The van der Waals surface area contributed by atoms with Crippen LogP contribution in [0, 0.1) is 0 Å². The highest BCUT2D eigenvalue weighted by atomic mass is 79.9. The Labute approximate surface area is 165 Å². The van der Waals surface area contributed by atoms with E-state index in [0.29, 0.717) is 10.7 Å². The Morgan fingerprint density at radius 1 is 1.12 bits per heavy atom. The predicted octanol–water partition coefficient (Wildman–Crippen LogP) is 5.45. The summed E-state index contributed by atoms with van der Waals surface area (Å²) in [5.74, 6) is -0.0179. The van der Waals surface area contributed by atoms with E-state index in [1.807, 2.05) is 67.3 Å². The third-order valence-electron chi connectivity index (χ3n) is 4.66. The molecule has 1 atom stereocenters. The molecular weight excluding hydrogens is 414 g/mol. The molecule has 4 nitrogen and oxygen atoms in total. The molecule has 1 N–H and O–H groups in total. The molecule has 4 rings (SSSR count). The molecule has 3 aromatic rings. The summed E-state index contributed by atoms with van der Waals surface area (Å²) in [5.41, 5.74) is 4.28. The average molecular weight is 431 g/mol. The summed E-state index contributed by atoms with van der Waals surface area (Å²) < 4.78 is 1.01. The van der Waals surface area contributed by atoms with Crippen LogP contribution >= 0.6 is 27.5 Å². The van der Waals surface area contributed by atoms with E-state index in [-0.39, 0.29) is 18.0 Å². The van der Waals surface area contributed by atoms with E-state index in [1.165, 1.54) is 0 Å². The highest BCUT2D eigenvalue weighted by Crippen LogP contribution is 2.43. The molecule has 0 fully saturated rings. The molecule has 0 saturated heterocycles. The zero-order valence-electron chi connectivity index (χ0n) is 14.3. The van der Waals surface area contributed by atoms with Crippen LogP contribution in [0.5, 0.6) is 0 Å². The number of hydrogen-bond donors (Lipinski definition) is 1. The molecule has 1 aliphatic heterocycles. The lowest BCUT2D eigenvalue weighted by Crippen LogP contribution is -2.35. The van der Waals surface area contributed by atoms with Gasteiger partial charge >= 0.3 is 0 Å². The molecule has 132 valence electrons. The molecule has 2 heterocycles. The monoisotopic (exact) mass is 429 g/mol. The van der Waals surface area contributed by atoms with Gasteiger partial charge in [0.15, 0.2) is 0 Å². The normalized spacial score (nSPS) is 16.4. The minimum atomic E-state index is -0.171. The van der Waals surface area contributed by atoms with Crippen LogP contribution in [0.25, 0.3) is 11.3 Å². The van der Waals surface area contributed by atoms with E-state index < -0.39 is 0 Å². The number of rotatable bonds is 3. The molecule has 6 heteroatoms. The number of carbonyl (C=O) groups is 1. The van der Waals surface area contributed by atoms with Crippen LogP contribution in [0.2, 0.25) is 5.02 Å². The smallest absolute Gasteiger partial charge is 0.273 e. The fourth-order valence-electron chi connectivity index (χ4n) is 3.50. The Balaban J connectivity index is 1.90. The van der Waals surface area contributed by atoms with Crippen LogP contribution in [-0.4, -0.2) is 27.0 Å². The standard InChI is InChI=1S/C20H17BrClN3O/c1-11(2)25-19(13-3-7-14(21)8-4-13)16-17(23-24-18(16)20(25)26)12-5-9-15(22)10-6-12/h3-11,19H,1-2H3,(H,23,24). The number of H-pyrrole nitrogens is 1. The molecule has 1 aliphatic rings. The van der Waals surface area contributed by atoms with Crippen molar-refractivity contribution in [1.29, 1.82) is 0 Å². The minimum Gasteiger partial charge on any atom is -0.324 e. The maximum atomic E-state index is 13.0. The van der Waals surface area contributed by atoms with Crippen molar-refractivity contribution in [3.8, 4) is 11.3 Å². The van der Waals surface area contributed by atoms with Gasteiger partial charge in [-0.15, -0.1) is 0 Å². The fourth-order valence-corrected chi connectivity index (χ4v) is 3.89. The summed E-state index contributed by atoms with van der Waals surface area (Å²) in [4.78, 5) is 14.9. The third-order valence-corrected chi connectivity index (χ3v) is 5.44. The summed E-state index contributed by atoms with van der Waals surface area (Å²) in [7, 11) is 0. The molecule has 0 bridgehead atoms. The Hall–Kier alpha value is -2.11. The van der Waals surface area contributed by atoms with Gasteiger partial charge in [0, 0.05) is 26.7 Å². The first-order chi connectivity index (χ1) is 12.5. The minimum absolute atomic E-state index is 0.0179. The van der Waals surface area contributed by atoms with Crippen LogP contribution in [0.4, 0.5) is 0 Å². The van der Waals surface area contributed by atoms with Crippen LogP contribution in [0.3, 0.4) is 0 Å². The predicted molar refractivity (Wildman–Crippen MR) is 106 cm³/mol. The SMILES string of the molecule is CC(C)N1C(=O)c2[nH]nc(-c3ccc(Cl)cc3)c2C1c1ccc(Br)cc1. The van der Waals surface area contributed by atoms with Crippen molar-refractivity contribution in [2.45, 2.75) is 25.9 Å². The molecule has 1 aromatic heterocycles. The van der Waals surface area contributed by atoms with Gasteiger partial charge in [0.05, 0.1) is 11.7 Å². The lowest BCUT2D eigenvalue weighted by molar-refractivity contribution is 0.0688. The number of carbonyl (C=O) groups excluding carboxylic acids is 1. The first kappa shape index (κ1) is 17.3. The van der Waals surface area contributed by atoms with E-state index in [9.17, 15) is 4.79 Å². The zero-order chi connectivity index (χ0) is 18.4. The van der Waals surface area contributed by atoms with Crippen molar-refractivity contribution in [2.24, 2.45) is 0 Å². The Bertz CT molecular complexity index is 964. The lowest BCUT2D eigenvalue weighted by atomic mass is 9.96. The molecule has 0 radical (unpaired) electrons. The number of aromatic amines is 1. The highest BCUT2D eigenvalue weighted by molar-refractivity contribution is 9.10. The van der Waals surface area contributed by atoms with Gasteiger partial charge in [-0.2, -0.15) is 5.10 Å². The molecule has 1 amide bonds. The fraction of sp³-hybridized carbons (Fsp3) is 0.200. The van der Waals surface area contributed by atoms with Crippen LogP contribution in [0.15, 0.2) is 53.0 Å². The summed E-state index contributed by atoms with van der Waals surface area (Å²) in [6.07, 6.45) is 0. The molecule has 2 aromatic carbocycles.